The van der Waals surface area contributed by atoms with Crippen molar-refractivity contribution in [1.29, 1.82) is 0 Å². The first kappa shape index (κ1) is 18.2. The van der Waals surface area contributed by atoms with Gasteiger partial charge in [-0.25, -0.2) is 9.97 Å². The minimum Gasteiger partial charge on any atom is -0.341 e. The molecule has 154 valence electrons. The molecule has 0 N–H and O–H groups in total. The average molecular weight is 409 g/mol. The van der Waals surface area contributed by atoms with Gasteiger partial charge in [-0.3, -0.25) is 9.55 Å². The van der Waals surface area contributed by atoms with Crippen LogP contribution in [0.2, 0.25) is 0 Å². The smallest absolute Gasteiger partial charge is 0.162 e. The van der Waals surface area contributed by atoms with Crippen molar-refractivity contribution in [2.45, 2.75) is 45.2 Å². The van der Waals surface area contributed by atoms with E-state index in [1.54, 1.807) is 6.20 Å². The summed E-state index contributed by atoms with van der Waals surface area (Å²) in [6.07, 6.45) is 8.95. The van der Waals surface area contributed by atoms with Crippen LogP contribution in [0.25, 0.3) is 28.2 Å². The molecule has 0 radical (unpaired) electrons. The van der Waals surface area contributed by atoms with Gasteiger partial charge in [0, 0.05) is 29.6 Å². The second kappa shape index (κ2) is 6.97. The van der Waals surface area contributed by atoms with E-state index in [-0.39, 0.29) is 6.04 Å². The summed E-state index contributed by atoms with van der Waals surface area (Å²) in [5.74, 6) is 3.56. The molecule has 0 saturated heterocycles. The van der Waals surface area contributed by atoms with E-state index in [9.17, 15) is 0 Å². The number of aromatic nitrogens is 6. The Labute approximate surface area is 180 Å². The van der Waals surface area contributed by atoms with Crippen LogP contribution in [-0.4, -0.2) is 35.8 Å². The van der Waals surface area contributed by atoms with Crippen LogP contribution in [-0.2, 0) is 0 Å². The summed E-state index contributed by atoms with van der Waals surface area (Å²) in [5.41, 5.74) is 4.09. The lowest BCUT2D eigenvalue weighted by Gasteiger charge is -2.37. The molecule has 1 saturated carbocycles. The van der Waals surface area contributed by atoms with Gasteiger partial charge in [0.1, 0.15) is 11.5 Å². The van der Waals surface area contributed by atoms with Crippen LogP contribution in [0.15, 0.2) is 55.0 Å². The molecule has 1 fully saturated rings. The highest BCUT2D eigenvalue weighted by atomic mass is 15.4. The van der Waals surface area contributed by atoms with Gasteiger partial charge in [-0.2, -0.15) is 0 Å². The number of hydrogen-bond acceptors (Lipinski definition) is 6. The number of benzene rings is 1. The first-order valence-electron chi connectivity index (χ1n) is 10.8. The van der Waals surface area contributed by atoms with Crippen molar-refractivity contribution in [3.05, 3.63) is 66.6 Å². The Kier molecular flexibility index (Phi) is 4.09. The molecule has 0 spiro atoms. The first-order valence-corrected chi connectivity index (χ1v) is 10.8. The lowest BCUT2D eigenvalue weighted by atomic mass is 10.0. The van der Waals surface area contributed by atoms with Crippen LogP contribution in [0, 0.1) is 6.92 Å². The molecule has 31 heavy (non-hydrogen) atoms. The number of hydrogen-bond donors (Lipinski definition) is 0. The van der Waals surface area contributed by atoms with Crippen molar-refractivity contribution in [3.8, 4) is 28.2 Å². The van der Waals surface area contributed by atoms with Gasteiger partial charge in [-0.05, 0) is 37.8 Å². The maximum Gasteiger partial charge on any atom is 0.162 e. The van der Waals surface area contributed by atoms with Crippen LogP contribution in [0.5, 0.6) is 0 Å². The number of rotatable bonds is 4. The average Bonchev–Trinajstić information content (AvgIpc) is 3.59. The second-order valence-electron chi connectivity index (χ2n) is 8.19. The molecule has 1 aromatic carbocycles. The van der Waals surface area contributed by atoms with E-state index in [0.717, 1.165) is 52.1 Å². The third-order valence-corrected chi connectivity index (χ3v) is 6.19. The van der Waals surface area contributed by atoms with Gasteiger partial charge in [0.25, 0.3) is 0 Å². The van der Waals surface area contributed by atoms with Gasteiger partial charge in [0.15, 0.2) is 17.5 Å². The van der Waals surface area contributed by atoms with Crippen molar-refractivity contribution in [2.75, 3.05) is 4.90 Å². The number of fused-ring (bicyclic) bond motifs is 3. The van der Waals surface area contributed by atoms with Crippen LogP contribution in [0.4, 0.5) is 5.82 Å². The van der Waals surface area contributed by atoms with Gasteiger partial charge >= 0.3 is 0 Å². The fourth-order valence-corrected chi connectivity index (χ4v) is 4.60. The van der Waals surface area contributed by atoms with E-state index in [1.165, 1.54) is 12.8 Å². The predicted molar refractivity (Wildman–Crippen MR) is 119 cm³/mol. The molecule has 7 nitrogen and oxygen atoms in total. The summed E-state index contributed by atoms with van der Waals surface area (Å²) < 4.78 is 2.12. The minimum absolute atomic E-state index is 0.176. The predicted octanol–water partition coefficient (Wildman–Crippen LogP) is 4.53. The van der Waals surface area contributed by atoms with Crippen molar-refractivity contribution in [1.82, 2.24) is 29.7 Å². The molecule has 6 rings (SSSR count). The monoisotopic (exact) mass is 409 g/mol. The normalized spacial score (nSPS) is 17.4. The van der Waals surface area contributed by atoms with E-state index in [4.69, 9.17) is 9.97 Å². The van der Waals surface area contributed by atoms with E-state index in [2.05, 4.69) is 43.7 Å². The number of nitrogens with zero attached hydrogens (tertiary/aromatic N) is 7. The lowest BCUT2D eigenvalue weighted by molar-refractivity contribution is 0.531. The zero-order valence-electron chi connectivity index (χ0n) is 17.6. The van der Waals surface area contributed by atoms with Gasteiger partial charge in [0.05, 0.1) is 12.2 Å². The van der Waals surface area contributed by atoms with Gasteiger partial charge in [0.2, 0.25) is 0 Å². The van der Waals surface area contributed by atoms with E-state index in [1.807, 2.05) is 43.6 Å². The quantitative estimate of drug-likeness (QED) is 0.493. The summed E-state index contributed by atoms with van der Waals surface area (Å²) in [7, 11) is 0. The molecule has 0 amide bonds. The molecule has 1 aliphatic carbocycles. The maximum atomic E-state index is 5.14. The van der Waals surface area contributed by atoms with Crippen molar-refractivity contribution in [2.24, 2.45) is 0 Å². The summed E-state index contributed by atoms with van der Waals surface area (Å²) in [4.78, 5) is 16.7. The third kappa shape index (κ3) is 2.84. The molecular weight excluding hydrogens is 386 g/mol. The van der Waals surface area contributed by atoms with E-state index in [0.29, 0.717) is 6.04 Å². The zero-order chi connectivity index (χ0) is 20.9. The van der Waals surface area contributed by atoms with E-state index >= 15 is 0 Å². The van der Waals surface area contributed by atoms with Gasteiger partial charge in [-0.1, -0.05) is 37.3 Å². The molecule has 0 bridgehead atoms. The van der Waals surface area contributed by atoms with Crippen LogP contribution in [0.1, 0.15) is 43.9 Å². The Balaban J connectivity index is 1.55. The Morgan fingerprint density at radius 2 is 1.84 bits per heavy atom. The molecule has 4 aromatic rings. The van der Waals surface area contributed by atoms with Gasteiger partial charge in [-0.15, -0.1) is 10.2 Å². The zero-order valence-corrected chi connectivity index (χ0v) is 17.6. The molecule has 4 heterocycles. The Bertz CT molecular complexity index is 1260. The standard InChI is InChI=1S/C24H23N7/c1-3-20-24-29-28-15(2)30(24)21-14-26-22(27-23(21)31(20)17-9-10-17)18-11-12-25-13-19(18)16-7-5-4-6-8-16/h4-8,11-14,17,20H,3,9-10H2,1-2H3/t20-/m1/s1. The summed E-state index contributed by atoms with van der Waals surface area (Å²) in [5, 5.41) is 8.88. The lowest BCUT2D eigenvalue weighted by Crippen LogP contribution is -2.37. The molecule has 0 unspecified atom stereocenters. The molecule has 3 aromatic heterocycles. The number of pyridine rings is 1. The Hall–Kier alpha value is -3.61. The van der Waals surface area contributed by atoms with Crippen LogP contribution < -0.4 is 4.90 Å². The molecule has 2 aliphatic rings. The SMILES string of the molecule is CC[C@@H]1c2nnc(C)n2-c2cnc(-c3ccncc3-c3ccccc3)nc2N1C1CC1. The Morgan fingerprint density at radius 1 is 1.00 bits per heavy atom. The maximum absolute atomic E-state index is 5.14. The highest BCUT2D eigenvalue weighted by Gasteiger charge is 2.42. The van der Waals surface area contributed by atoms with Crippen molar-refractivity contribution >= 4 is 5.82 Å². The number of anilines is 1. The van der Waals surface area contributed by atoms with Crippen LogP contribution in [0.3, 0.4) is 0 Å². The van der Waals surface area contributed by atoms with E-state index < -0.39 is 0 Å². The minimum atomic E-state index is 0.176. The summed E-state index contributed by atoms with van der Waals surface area (Å²) >= 11 is 0. The topological polar surface area (TPSA) is 72.6 Å². The van der Waals surface area contributed by atoms with Crippen molar-refractivity contribution in [3.63, 3.8) is 0 Å². The fraction of sp³-hybridized carbons (Fsp3) is 0.292. The van der Waals surface area contributed by atoms with Gasteiger partial charge < -0.3 is 4.90 Å². The fourth-order valence-electron chi connectivity index (χ4n) is 4.60. The summed E-state index contributed by atoms with van der Waals surface area (Å²) in [6.45, 7) is 4.20. The largest absolute Gasteiger partial charge is 0.341 e. The van der Waals surface area contributed by atoms with Crippen LogP contribution >= 0.6 is 0 Å². The first-order chi connectivity index (χ1) is 15.3. The molecular formula is C24H23N7. The number of aryl methyl sites for hydroxylation is 1. The second-order valence-corrected chi connectivity index (χ2v) is 8.19. The highest BCUT2D eigenvalue weighted by molar-refractivity contribution is 5.80. The summed E-state index contributed by atoms with van der Waals surface area (Å²) in [6, 6.07) is 13.0. The molecule has 7 heteroatoms. The molecule has 1 atom stereocenters. The Morgan fingerprint density at radius 3 is 2.61 bits per heavy atom. The third-order valence-electron chi connectivity index (χ3n) is 6.19. The van der Waals surface area contributed by atoms with Crippen molar-refractivity contribution < 1.29 is 0 Å². The highest BCUT2D eigenvalue weighted by Crippen LogP contribution is 2.45. The molecule has 1 aliphatic heterocycles.